The molecule has 0 N–H and O–H groups in total. The van der Waals surface area contributed by atoms with Gasteiger partial charge < -0.3 is 0 Å². The maximum absolute atomic E-state index is 12.4. The molecule has 2 aromatic carbocycles. The van der Waals surface area contributed by atoms with Gasteiger partial charge in [0.2, 0.25) is 0 Å². The van der Waals surface area contributed by atoms with Gasteiger partial charge in [-0.3, -0.25) is 9.36 Å². The first-order valence-corrected chi connectivity index (χ1v) is 6.24. The molecule has 0 saturated heterocycles. The Morgan fingerprint density at radius 3 is 2.68 bits per heavy atom. The maximum atomic E-state index is 12.4. The molecule has 19 heavy (non-hydrogen) atoms. The summed E-state index contributed by atoms with van der Waals surface area (Å²) in [6.07, 6.45) is 1.62. The number of hydrogen-bond acceptors (Lipinski definition) is 2. The van der Waals surface area contributed by atoms with E-state index in [1.165, 1.54) is 0 Å². The number of hydrogen-bond donors (Lipinski definition) is 0. The van der Waals surface area contributed by atoms with Gasteiger partial charge in [-0.15, -0.1) is 0 Å². The van der Waals surface area contributed by atoms with Gasteiger partial charge in [-0.05, 0) is 30.2 Å². The van der Waals surface area contributed by atoms with Gasteiger partial charge in [-0.2, -0.15) is 0 Å². The van der Waals surface area contributed by atoms with Gasteiger partial charge in [0.25, 0.3) is 5.56 Å². The third-order valence-corrected chi connectivity index (χ3v) is 3.18. The normalized spacial score (nSPS) is 10.8. The number of aryl methyl sites for hydroxylation is 1. The largest absolute Gasteiger partial charge is 0.294 e. The Balaban J connectivity index is 2.08. The molecule has 0 atom stereocenters. The zero-order valence-electron chi connectivity index (χ0n) is 10.7. The van der Waals surface area contributed by atoms with Crippen molar-refractivity contribution in [2.24, 2.45) is 0 Å². The van der Waals surface area contributed by atoms with Crippen LogP contribution in [0.1, 0.15) is 11.1 Å². The minimum absolute atomic E-state index is 0.00820. The molecule has 3 rings (SSSR count). The highest BCUT2D eigenvalue weighted by Crippen LogP contribution is 2.09. The Labute approximate surface area is 111 Å². The molecule has 0 amide bonds. The summed E-state index contributed by atoms with van der Waals surface area (Å²) in [5, 5.41) is 0.670. The van der Waals surface area contributed by atoms with Crippen LogP contribution in [0.4, 0.5) is 0 Å². The van der Waals surface area contributed by atoms with Crippen LogP contribution < -0.4 is 5.56 Å². The number of rotatable bonds is 2. The highest BCUT2D eigenvalue weighted by molar-refractivity contribution is 5.77. The third kappa shape index (κ3) is 2.27. The Kier molecular flexibility index (Phi) is 2.88. The van der Waals surface area contributed by atoms with Crippen molar-refractivity contribution in [3.05, 3.63) is 76.3 Å². The molecule has 3 nitrogen and oxygen atoms in total. The van der Waals surface area contributed by atoms with E-state index in [1.807, 2.05) is 55.5 Å². The summed E-state index contributed by atoms with van der Waals surface area (Å²) in [5.41, 5.74) is 2.97. The fourth-order valence-electron chi connectivity index (χ4n) is 2.16. The van der Waals surface area contributed by atoms with Crippen molar-refractivity contribution in [1.82, 2.24) is 9.55 Å². The molecule has 0 aliphatic carbocycles. The molecule has 0 fully saturated rings. The smallest absolute Gasteiger partial charge is 0.261 e. The van der Waals surface area contributed by atoms with E-state index in [9.17, 15) is 4.79 Å². The van der Waals surface area contributed by atoms with Crippen molar-refractivity contribution in [3.8, 4) is 0 Å². The number of benzene rings is 2. The SMILES string of the molecule is Cc1ccc2c(=O)n(Cc3ccccc3)cnc2c1. The van der Waals surface area contributed by atoms with E-state index in [0.29, 0.717) is 11.9 Å². The molecule has 0 aliphatic heterocycles. The molecular formula is C16H14N2O. The highest BCUT2D eigenvalue weighted by Gasteiger charge is 2.04. The summed E-state index contributed by atoms with van der Waals surface area (Å²) < 4.78 is 1.65. The van der Waals surface area contributed by atoms with E-state index < -0.39 is 0 Å². The number of fused-ring (bicyclic) bond motifs is 1. The minimum Gasteiger partial charge on any atom is -0.294 e. The summed E-state index contributed by atoms with van der Waals surface area (Å²) in [5.74, 6) is 0. The summed E-state index contributed by atoms with van der Waals surface area (Å²) >= 11 is 0. The standard InChI is InChI=1S/C16H14N2O/c1-12-7-8-14-15(9-12)17-11-18(16(14)19)10-13-5-3-2-4-6-13/h2-9,11H,10H2,1H3. The zero-order valence-corrected chi connectivity index (χ0v) is 10.7. The van der Waals surface area contributed by atoms with Gasteiger partial charge >= 0.3 is 0 Å². The molecular weight excluding hydrogens is 236 g/mol. The second kappa shape index (κ2) is 4.69. The van der Waals surface area contributed by atoms with Crippen molar-refractivity contribution in [3.63, 3.8) is 0 Å². The lowest BCUT2D eigenvalue weighted by Crippen LogP contribution is -2.21. The molecule has 0 radical (unpaired) electrons. The van der Waals surface area contributed by atoms with Crippen molar-refractivity contribution in [1.29, 1.82) is 0 Å². The molecule has 0 unspecified atom stereocenters. The first kappa shape index (κ1) is 11.7. The molecule has 0 saturated carbocycles. The lowest BCUT2D eigenvalue weighted by molar-refractivity contribution is 0.748. The Morgan fingerprint density at radius 2 is 1.89 bits per heavy atom. The van der Waals surface area contributed by atoms with Crippen LogP contribution in [-0.2, 0) is 6.54 Å². The molecule has 94 valence electrons. The summed E-state index contributed by atoms with van der Waals surface area (Å²) in [4.78, 5) is 16.7. The zero-order chi connectivity index (χ0) is 13.2. The lowest BCUT2D eigenvalue weighted by Gasteiger charge is -2.07. The predicted molar refractivity (Wildman–Crippen MR) is 76.3 cm³/mol. The van der Waals surface area contributed by atoms with Crippen LogP contribution in [-0.4, -0.2) is 9.55 Å². The average Bonchev–Trinajstić information content (AvgIpc) is 2.43. The van der Waals surface area contributed by atoms with Crippen molar-refractivity contribution in [2.75, 3.05) is 0 Å². The van der Waals surface area contributed by atoms with E-state index in [2.05, 4.69) is 4.98 Å². The highest BCUT2D eigenvalue weighted by atomic mass is 16.1. The van der Waals surface area contributed by atoms with Crippen LogP contribution in [0.25, 0.3) is 10.9 Å². The van der Waals surface area contributed by atoms with Gasteiger partial charge in [-0.1, -0.05) is 36.4 Å². The quantitative estimate of drug-likeness (QED) is 0.701. The molecule has 0 aliphatic rings. The first-order valence-electron chi connectivity index (χ1n) is 6.24. The van der Waals surface area contributed by atoms with Gasteiger partial charge in [0.15, 0.2) is 0 Å². The van der Waals surface area contributed by atoms with Crippen LogP contribution in [0.2, 0.25) is 0 Å². The molecule has 3 aromatic rings. The summed E-state index contributed by atoms with van der Waals surface area (Å²) in [6.45, 7) is 2.55. The lowest BCUT2D eigenvalue weighted by atomic mass is 10.1. The monoisotopic (exact) mass is 250 g/mol. The Hall–Kier alpha value is -2.42. The van der Waals surface area contributed by atoms with Crippen molar-refractivity contribution >= 4 is 10.9 Å². The second-order valence-corrected chi connectivity index (χ2v) is 4.68. The molecule has 3 heteroatoms. The predicted octanol–water partition coefficient (Wildman–Crippen LogP) is 2.75. The second-order valence-electron chi connectivity index (χ2n) is 4.68. The maximum Gasteiger partial charge on any atom is 0.261 e. The molecule has 0 bridgehead atoms. The molecule has 1 aromatic heterocycles. The van der Waals surface area contributed by atoms with E-state index in [4.69, 9.17) is 0 Å². The van der Waals surface area contributed by atoms with E-state index in [-0.39, 0.29) is 5.56 Å². The fourth-order valence-corrected chi connectivity index (χ4v) is 2.16. The van der Waals surface area contributed by atoms with Gasteiger partial charge in [-0.25, -0.2) is 4.98 Å². The van der Waals surface area contributed by atoms with E-state index >= 15 is 0 Å². The van der Waals surface area contributed by atoms with Crippen molar-refractivity contribution in [2.45, 2.75) is 13.5 Å². The fraction of sp³-hybridized carbons (Fsp3) is 0.125. The van der Waals surface area contributed by atoms with Crippen LogP contribution >= 0.6 is 0 Å². The summed E-state index contributed by atoms with van der Waals surface area (Å²) in [6, 6.07) is 15.6. The van der Waals surface area contributed by atoms with Crippen LogP contribution in [0.15, 0.2) is 59.7 Å². The van der Waals surface area contributed by atoms with Crippen molar-refractivity contribution < 1.29 is 0 Å². The number of nitrogens with zero attached hydrogens (tertiary/aromatic N) is 2. The first-order chi connectivity index (χ1) is 9.24. The third-order valence-electron chi connectivity index (χ3n) is 3.18. The van der Waals surface area contributed by atoms with Crippen LogP contribution in [0.3, 0.4) is 0 Å². The van der Waals surface area contributed by atoms with Gasteiger partial charge in [0.05, 0.1) is 23.8 Å². The minimum atomic E-state index is 0.00820. The van der Waals surface area contributed by atoms with E-state index in [1.54, 1.807) is 10.9 Å². The number of aromatic nitrogens is 2. The Morgan fingerprint density at radius 1 is 1.11 bits per heavy atom. The van der Waals surface area contributed by atoms with Gasteiger partial charge in [0.1, 0.15) is 0 Å². The van der Waals surface area contributed by atoms with Crippen LogP contribution in [0.5, 0.6) is 0 Å². The molecule has 0 spiro atoms. The average molecular weight is 250 g/mol. The Bertz CT molecular complexity index is 776. The van der Waals surface area contributed by atoms with E-state index in [0.717, 1.165) is 16.6 Å². The topological polar surface area (TPSA) is 34.9 Å². The molecule has 1 heterocycles. The van der Waals surface area contributed by atoms with Gasteiger partial charge in [0, 0.05) is 0 Å². The van der Waals surface area contributed by atoms with Crippen LogP contribution in [0, 0.1) is 6.92 Å². The summed E-state index contributed by atoms with van der Waals surface area (Å²) in [7, 11) is 0.